The van der Waals surface area contributed by atoms with Crippen molar-refractivity contribution >= 4 is 17.9 Å². The molecule has 0 aromatic heterocycles. The molecule has 0 aliphatic carbocycles. The van der Waals surface area contributed by atoms with Gasteiger partial charge in [-0.2, -0.15) is 0 Å². The number of hydrogen-bond acceptors (Lipinski definition) is 4. The minimum absolute atomic E-state index is 0.0187. The van der Waals surface area contributed by atoms with E-state index in [0.717, 1.165) is 0 Å². The van der Waals surface area contributed by atoms with E-state index in [1.807, 2.05) is 0 Å². The SMILES string of the molecule is O=C1OC(c2ccccc2F)=N/C1=C\c1ccccc1OCc1ccccc1F. The van der Waals surface area contributed by atoms with Crippen LogP contribution < -0.4 is 4.74 Å². The number of hydrogen-bond donors (Lipinski definition) is 0. The van der Waals surface area contributed by atoms with Gasteiger partial charge in [0.1, 0.15) is 24.0 Å². The average molecular weight is 391 g/mol. The molecule has 6 heteroatoms. The molecule has 1 aliphatic heterocycles. The van der Waals surface area contributed by atoms with Crippen molar-refractivity contribution in [1.82, 2.24) is 0 Å². The van der Waals surface area contributed by atoms with Crippen LogP contribution >= 0.6 is 0 Å². The first-order valence-electron chi connectivity index (χ1n) is 8.84. The van der Waals surface area contributed by atoms with Crippen molar-refractivity contribution in [3.05, 3.63) is 107 Å². The molecule has 0 N–H and O–H groups in total. The summed E-state index contributed by atoms with van der Waals surface area (Å²) in [5.74, 6) is -1.22. The van der Waals surface area contributed by atoms with Gasteiger partial charge < -0.3 is 9.47 Å². The smallest absolute Gasteiger partial charge is 0.363 e. The molecule has 0 amide bonds. The molecule has 4 rings (SSSR count). The Bertz CT molecular complexity index is 1140. The van der Waals surface area contributed by atoms with Crippen LogP contribution in [0.15, 0.2) is 83.5 Å². The Hall–Kier alpha value is -3.80. The third-order valence-electron chi connectivity index (χ3n) is 4.28. The minimum Gasteiger partial charge on any atom is -0.488 e. The molecule has 1 aliphatic rings. The number of ether oxygens (including phenoxy) is 2. The summed E-state index contributed by atoms with van der Waals surface area (Å²) in [6.07, 6.45) is 1.49. The van der Waals surface area contributed by atoms with Gasteiger partial charge in [-0.05, 0) is 30.3 Å². The van der Waals surface area contributed by atoms with E-state index >= 15 is 0 Å². The van der Waals surface area contributed by atoms with Gasteiger partial charge in [-0.25, -0.2) is 18.6 Å². The molecular formula is C23H15F2NO3. The van der Waals surface area contributed by atoms with Crippen LogP contribution in [0.1, 0.15) is 16.7 Å². The summed E-state index contributed by atoms with van der Waals surface area (Å²) in [4.78, 5) is 16.3. The number of halogens is 2. The van der Waals surface area contributed by atoms with Crippen molar-refractivity contribution in [1.29, 1.82) is 0 Å². The van der Waals surface area contributed by atoms with Crippen molar-refractivity contribution in [2.24, 2.45) is 4.99 Å². The Kier molecular flexibility index (Phi) is 5.16. The van der Waals surface area contributed by atoms with E-state index < -0.39 is 11.8 Å². The molecule has 0 fully saturated rings. The second-order valence-corrected chi connectivity index (χ2v) is 6.23. The van der Waals surface area contributed by atoms with Gasteiger partial charge in [0.2, 0.25) is 5.90 Å². The number of benzene rings is 3. The van der Waals surface area contributed by atoms with Crippen molar-refractivity contribution in [3.63, 3.8) is 0 Å². The number of nitrogens with zero attached hydrogens (tertiary/aromatic N) is 1. The second-order valence-electron chi connectivity index (χ2n) is 6.23. The first-order valence-corrected chi connectivity index (χ1v) is 8.84. The third kappa shape index (κ3) is 4.06. The highest BCUT2D eigenvalue weighted by molar-refractivity contribution is 6.13. The number of carbonyl (C=O) groups excluding carboxylic acids is 1. The maximum Gasteiger partial charge on any atom is 0.363 e. The first-order chi connectivity index (χ1) is 14.1. The Balaban J connectivity index is 1.61. The van der Waals surface area contributed by atoms with E-state index in [1.54, 1.807) is 48.5 Å². The normalized spacial score (nSPS) is 14.6. The van der Waals surface area contributed by atoms with Crippen LogP contribution in [-0.4, -0.2) is 11.9 Å². The number of esters is 1. The molecule has 0 saturated carbocycles. The fourth-order valence-electron chi connectivity index (χ4n) is 2.81. The molecule has 0 unspecified atom stereocenters. The highest BCUT2D eigenvalue weighted by atomic mass is 19.1. The zero-order chi connectivity index (χ0) is 20.2. The topological polar surface area (TPSA) is 47.9 Å². The average Bonchev–Trinajstić information content (AvgIpc) is 3.09. The zero-order valence-corrected chi connectivity index (χ0v) is 15.1. The molecule has 3 aromatic carbocycles. The highest BCUT2D eigenvalue weighted by Gasteiger charge is 2.26. The van der Waals surface area contributed by atoms with E-state index in [-0.39, 0.29) is 29.6 Å². The van der Waals surface area contributed by atoms with Gasteiger partial charge in [-0.3, -0.25) is 0 Å². The standard InChI is InChI=1S/C23H15F2NO3/c24-18-10-4-1-8-16(18)14-28-21-12-6-2-7-15(21)13-20-23(27)29-22(26-20)17-9-3-5-11-19(17)25/h1-13H,14H2/b20-13-. The molecule has 0 atom stereocenters. The number of para-hydroxylation sites is 1. The second kappa shape index (κ2) is 8.06. The van der Waals surface area contributed by atoms with Gasteiger partial charge in [0.05, 0.1) is 5.56 Å². The van der Waals surface area contributed by atoms with Gasteiger partial charge in [-0.15, -0.1) is 0 Å². The van der Waals surface area contributed by atoms with Gasteiger partial charge in [0.25, 0.3) is 0 Å². The maximum absolute atomic E-state index is 13.9. The van der Waals surface area contributed by atoms with Crippen molar-refractivity contribution in [3.8, 4) is 5.75 Å². The van der Waals surface area contributed by atoms with Crippen molar-refractivity contribution in [2.75, 3.05) is 0 Å². The van der Waals surface area contributed by atoms with E-state index in [9.17, 15) is 13.6 Å². The summed E-state index contributed by atoms with van der Waals surface area (Å²) in [5.41, 5.74) is 1.10. The number of aliphatic imine (C=N–C) groups is 1. The van der Waals surface area contributed by atoms with Crippen LogP contribution in [0.5, 0.6) is 5.75 Å². The summed E-state index contributed by atoms with van der Waals surface area (Å²) in [6, 6.07) is 19.2. The Morgan fingerprint density at radius 1 is 0.897 bits per heavy atom. The summed E-state index contributed by atoms with van der Waals surface area (Å²) in [5, 5.41) is 0. The molecule has 0 saturated heterocycles. The summed E-state index contributed by atoms with van der Waals surface area (Å²) in [6.45, 7) is 0.0288. The van der Waals surface area contributed by atoms with Crippen LogP contribution in [-0.2, 0) is 16.1 Å². The molecule has 29 heavy (non-hydrogen) atoms. The van der Waals surface area contributed by atoms with Gasteiger partial charge >= 0.3 is 5.97 Å². The van der Waals surface area contributed by atoms with E-state index in [4.69, 9.17) is 9.47 Å². The Morgan fingerprint density at radius 2 is 1.59 bits per heavy atom. The fourth-order valence-corrected chi connectivity index (χ4v) is 2.81. The van der Waals surface area contributed by atoms with Crippen LogP contribution in [0.4, 0.5) is 8.78 Å². The quantitative estimate of drug-likeness (QED) is 0.460. The predicted molar refractivity (Wildman–Crippen MR) is 104 cm³/mol. The third-order valence-corrected chi connectivity index (χ3v) is 4.28. The predicted octanol–water partition coefficient (Wildman–Crippen LogP) is 4.89. The Morgan fingerprint density at radius 3 is 2.38 bits per heavy atom. The molecule has 144 valence electrons. The number of rotatable bonds is 5. The lowest BCUT2D eigenvalue weighted by atomic mass is 10.1. The van der Waals surface area contributed by atoms with E-state index in [1.165, 1.54) is 30.3 Å². The lowest BCUT2D eigenvalue weighted by Crippen LogP contribution is -2.07. The summed E-state index contributed by atoms with van der Waals surface area (Å²) < 4.78 is 38.6. The molecule has 3 aromatic rings. The van der Waals surface area contributed by atoms with Crippen LogP contribution in [0, 0.1) is 11.6 Å². The Labute approximate surface area is 165 Å². The largest absolute Gasteiger partial charge is 0.488 e. The van der Waals surface area contributed by atoms with E-state index in [0.29, 0.717) is 16.9 Å². The molecule has 0 radical (unpaired) electrons. The molecule has 0 bridgehead atoms. The summed E-state index contributed by atoms with van der Waals surface area (Å²) >= 11 is 0. The van der Waals surface area contributed by atoms with Gasteiger partial charge in [0, 0.05) is 11.1 Å². The number of carbonyl (C=O) groups is 1. The molecule has 1 heterocycles. The maximum atomic E-state index is 13.9. The van der Waals surface area contributed by atoms with Gasteiger partial charge in [-0.1, -0.05) is 48.5 Å². The van der Waals surface area contributed by atoms with E-state index in [2.05, 4.69) is 4.99 Å². The summed E-state index contributed by atoms with van der Waals surface area (Å²) in [7, 11) is 0. The van der Waals surface area contributed by atoms with Crippen LogP contribution in [0.3, 0.4) is 0 Å². The van der Waals surface area contributed by atoms with Crippen molar-refractivity contribution < 1.29 is 23.0 Å². The van der Waals surface area contributed by atoms with Crippen LogP contribution in [0.2, 0.25) is 0 Å². The lowest BCUT2D eigenvalue weighted by molar-refractivity contribution is -0.129. The lowest BCUT2D eigenvalue weighted by Gasteiger charge is -2.10. The number of cyclic esters (lactones) is 1. The zero-order valence-electron chi connectivity index (χ0n) is 15.1. The molecular weight excluding hydrogens is 376 g/mol. The fraction of sp³-hybridized carbons (Fsp3) is 0.0435. The monoisotopic (exact) mass is 391 g/mol. The molecule has 4 nitrogen and oxygen atoms in total. The van der Waals surface area contributed by atoms with Crippen molar-refractivity contribution in [2.45, 2.75) is 6.61 Å². The highest BCUT2D eigenvalue weighted by Crippen LogP contribution is 2.26. The first kappa shape index (κ1) is 18.6. The minimum atomic E-state index is -0.688. The van der Waals surface area contributed by atoms with Crippen LogP contribution in [0.25, 0.3) is 6.08 Å². The molecule has 0 spiro atoms. The van der Waals surface area contributed by atoms with Gasteiger partial charge in [0.15, 0.2) is 5.70 Å².